The third-order valence-electron chi connectivity index (χ3n) is 5.14. The zero-order valence-electron chi connectivity index (χ0n) is 14.4. The molecule has 3 rings (SSSR count). The SMILES string of the molecule is NC(=O)CCN1CCC[C@H](CN2CCN(c3ccccn3)CC2)C1. The molecule has 1 aromatic heterocycles. The van der Waals surface area contributed by atoms with Gasteiger partial charge in [-0.15, -0.1) is 0 Å². The van der Waals surface area contributed by atoms with Crippen LogP contribution in [0, 0.1) is 5.92 Å². The Morgan fingerprint density at radius 3 is 2.71 bits per heavy atom. The summed E-state index contributed by atoms with van der Waals surface area (Å²) < 4.78 is 0. The van der Waals surface area contributed by atoms with Gasteiger partial charge in [0.1, 0.15) is 5.82 Å². The molecule has 2 saturated heterocycles. The highest BCUT2D eigenvalue weighted by atomic mass is 16.1. The van der Waals surface area contributed by atoms with Crippen molar-refractivity contribution in [3.63, 3.8) is 0 Å². The van der Waals surface area contributed by atoms with Crippen molar-refractivity contribution < 1.29 is 4.79 Å². The van der Waals surface area contributed by atoms with Crippen LogP contribution in [0.1, 0.15) is 19.3 Å². The van der Waals surface area contributed by atoms with Gasteiger partial charge in [-0.25, -0.2) is 4.98 Å². The normalized spacial score (nSPS) is 23.3. The lowest BCUT2D eigenvalue weighted by molar-refractivity contribution is -0.118. The summed E-state index contributed by atoms with van der Waals surface area (Å²) >= 11 is 0. The van der Waals surface area contributed by atoms with Crippen molar-refractivity contribution in [3.8, 4) is 0 Å². The summed E-state index contributed by atoms with van der Waals surface area (Å²) in [7, 11) is 0. The van der Waals surface area contributed by atoms with Gasteiger partial charge in [0.2, 0.25) is 5.91 Å². The van der Waals surface area contributed by atoms with Crippen LogP contribution in [-0.2, 0) is 4.79 Å². The Balaban J connectivity index is 1.41. The van der Waals surface area contributed by atoms with Gasteiger partial charge < -0.3 is 15.5 Å². The summed E-state index contributed by atoms with van der Waals surface area (Å²) in [5.74, 6) is 1.61. The predicted octanol–water partition coefficient (Wildman–Crippen LogP) is 0.791. The molecular formula is C18H29N5O. The minimum Gasteiger partial charge on any atom is -0.370 e. The number of pyridine rings is 1. The van der Waals surface area contributed by atoms with Crippen LogP contribution in [0.15, 0.2) is 24.4 Å². The quantitative estimate of drug-likeness (QED) is 0.835. The maximum Gasteiger partial charge on any atom is 0.218 e. The van der Waals surface area contributed by atoms with Crippen molar-refractivity contribution in [2.45, 2.75) is 19.3 Å². The maximum atomic E-state index is 11.0. The van der Waals surface area contributed by atoms with E-state index in [4.69, 9.17) is 5.73 Å². The highest BCUT2D eigenvalue weighted by Crippen LogP contribution is 2.19. The molecule has 0 spiro atoms. The van der Waals surface area contributed by atoms with E-state index in [9.17, 15) is 4.79 Å². The van der Waals surface area contributed by atoms with Crippen molar-refractivity contribution in [2.24, 2.45) is 11.7 Å². The molecule has 1 aromatic rings. The Labute approximate surface area is 144 Å². The van der Waals surface area contributed by atoms with Crippen molar-refractivity contribution in [2.75, 3.05) is 57.3 Å². The van der Waals surface area contributed by atoms with Gasteiger partial charge in [0.15, 0.2) is 0 Å². The average Bonchev–Trinajstić information content (AvgIpc) is 2.62. The zero-order valence-corrected chi connectivity index (χ0v) is 14.4. The first-order chi connectivity index (χ1) is 11.7. The van der Waals surface area contributed by atoms with Crippen LogP contribution >= 0.6 is 0 Å². The summed E-state index contributed by atoms with van der Waals surface area (Å²) in [6.45, 7) is 8.51. The van der Waals surface area contributed by atoms with Crippen LogP contribution in [0.25, 0.3) is 0 Å². The first-order valence-corrected chi connectivity index (χ1v) is 9.10. The Hall–Kier alpha value is -1.66. The summed E-state index contributed by atoms with van der Waals surface area (Å²) in [5, 5.41) is 0. The largest absolute Gasteiger partial charge is 0.370 e. The predicted molar refractivity (Wildman–Crippen MR) is 95.9 cm³/mol. The molecule has 6 heteroatoms. The van der Waals surface area contributed by atoms with Crippen LogP contribution in [0.2, 0.25) is 0 Å². The summed E-state index contributed by atoms with van der Waals surface area (Å²) in [4.78, 5) is 22.8. The molecule has 0 unspecified atom stereocenters. The number of rotatable bonds is 6. The van der Waals surface area contributed by atoms with Gasteiger partial charge in [0, 0.05) is 58.4 Å². The zero-order chi connectivity index (χ0) is 16.8. The number of likely N-dealkylation sites (tertiary alicyclic amines) is 1. The van der Waals surface area contributed by atoms with E-state index in [1.807, 2.05) is 12.3 Å². The molecule has 0 aliphatic carbocycles. The first-order valence-electron chi connectivity index (χ1n) is 9.10. The lowest BCUT2D eigenvalue weighted by Crippen LogP contribution is -2.50. The molecule has 0 radical (unpaired) electrons. The Bertz CT molecular complexity index is 515. The minimum absolute atomic E-state index is 0.192. The van der Waals surface area contributed by atoms with E-state index in [-0.39, 0.29) is 5.91 Å². The fourth-order valence-corrected chi connectivity index (χ4v) is 3.84. The molecule has 132 valence electrons. The van der Waals surface area contributed by atoms with E-state index in [2.05, 4.69) is 31.8 Å². The summed E-state index contributed by atoms with van der Waals surface area (Å²) in [5.41, 5.74) is 5.27. The number of anilines is 1. The molecule has 0 aromatic carbocycles. The molecule has 2 aliphatic heterocycles. The van der Waals surface area contributed by atoms with Crippen LogP contribution in [-0.4, -0.2) is 73.0 Å². The Morgan fingerprint density at radius 1 is 1.17 bits per heavy atom. The molecule has 24 heavy (non-hydrogen) atoms. The standard InChI is InChI=1S/C18H29N5O/c19-17(24)6-9-21-8-3-4-16(14-21)15-22-10-12-23(13-11-22)18-5-1-2-7-20-18/h1-2,5,7,16H,3-4,6,8-15H2,(H2,19,24)/t16-/m0/s1. The smallest absolute Gasteiger partial charge is 0.218 e. The summed E-state index contributed by atoms with van der Waals surface area (Å²) in [6.07, 6.45) is 4.88. The van der Waals surface area contributed by atoms with E-state index in [0.29, 0.717) is 12.3 Å². The number of hydrogen-bond acceptors (Lipinski definition) is 5. The van der Waals surface area contributed by atoms with Crippen LogP contribution in [0.4, 0.5) is 5.82 Å². The van der Waals surface area contributed by atoms with Crippen molar-refractivity contribution in [3.05, 3.63) is 24.4 Å². The number of piperidine rings is 1. The molecule has 2 aliphatic rings. The number of piperazine rings is 1. The van der Waals surface area contributed by atoms with Gasteiger partial charge in [-0.05, 0) is 37.4 Å². The number of hydrogen-bond donors (Lipinski definition) is 1. The molecule has 1 atom stereocenters. The topological polar surface area (TPSA) is 65.7 Å². The number of carbonyl (C=O) groups excluding carboxylic acids is 1. The number of primary amides is 1. The second kappa shape index (κ2) is 8.44. The second-order valence-electron chi connectivity index (χ2n) is 7.00. The fourth-order valence-electron chi connectivity index (χ4n) is 3.84. The van der Waals surface area contributed by atoms with Crippen LogP contribution in [0.5, 0.6) is 0 Å². The van der Waals surface area contributed by atoms with Crippen LogP contribution < -0.4 is 10.6 Å². The number of aromatic nitrogens is 1. The molecule has 1 amide bonds. The monoisotopic (exact) mass is 331 g/mol. The molecule has 6 nitrogen and oxygen atoms in total. The molecule has 2 N–H and O–H groups in total. The average molecular weight is 331 g/mol. The number of nitrogens with two attached hydrogens (primary N) is 1. The Kier molecular flexibility index (Phi) is 6.04. The molecule has 0 bridgehead atoms. The van der Waals surface area contributed by atoms with E-state index < -0.39 is 0 Å². The van der Waals surface area contributed by atoms with Crippen LogP contribution in [0.3, 0.4) is 0 Å². The fraction of sp³-hybridized carbons (Fsp3) is 0.667. The van der Waals surface area contributed by atoms with Gasteiger partial charge in [0.05, 0.1) is 0 Å². The molecule has 2 fully saturated rings. The van der Waals surface area contributed by atoms with E-state index in [0.717, 1.165) is 51.6 Å². The maximum absolute atomic E-state index is 11.0. The highest BCUT2D eigenvalue weighted by Gasteiger charge is 2.24. The second-order valence-corrected chi connectivity index (χ2v) is 7.00. The third-order valence-corrected chi connectivity index (χ3v) is 5.14. The van der Waals surface area contributed by atoms with E-state index in [1.54, 1.807) is 0 Å². The van der Waals surface area contributed by atoms with Gasteiger partial charge in [-0.1, -0.05) is 6.07 Å². The number of carbonyl (C=O) groups is 1. The highest BCUT2D eigenvalue weighted by molar-refractivity contribution is 5.73. The first kappa shape index (κ1) is 17.2. The van der Waals surface area contributed by atoms with Crippen molar-refractivity contribution in [1.82, 2.24) is 14.8 Å². The lowest BCUT2D eigenvalue weighted by atomic mass is 9.97. The number of amides is 1. The minimum atomic E-state index is -0.192. The molecular weight excluding hydrogens is 302 g/mol. The lowest BCUT2D eigenvalue weighted by Gasteiger charge is -2.39. The van der Waals surface area contributed by atoms with Gasteiger partial charge >= 0.3 is 0 Å². The number of nitrogens with zero attached hydrogens (tertiary/aromatic N) is 4. The molecule has 0 saturated carbocycles. The van der Waals surface area contributed by atoms with Gasteiger partial charge in [-0.2, -0.15) is 0 Å². The third kappa shape index (κ3) is 4.92. The molecule has 3 heterocycles. The van der Waals surface area contributed by atoms with E-state index >= 15 is 0 Å². The van der Waals surface area contributed by atoms with Crippen molar-refractivity contribution in [1.29, 1.82) is 0 Å². The van der Waals surface area contributed by atoms with Crippen molar-refractivity contribution >= 4 is 11.7 Å². The van der Waals surface area contributed by atoms with E-state index in [1.165, 1.54) is 19.4 Å². The van der Waals surface area contributed by atoms with Gasteiger partial charge in [-0.3, -0.25) is 9.69 Å². The Morgan fingerprint density at radius 2 is 2.00 bits per heavy atom. The van der Waals surface area contributed by atoms with Gasteiger partial charge in [0.25, 0.3) is 0 Å². The summed E-state index contributed by atoms with van der Waals surface area (Å²) in [6, 6.07) is 6.11.